The summed E-state index contributed by atoms with van der Waals surface area (Å²) in [6.45, 7) is 5.65. The van der Waals surface area contributed by atoms with Crippen LogP contribution >= 0.6 is 0 Å². The van der Waals surface area contributed by atoms with Crippen LogP contribution in [0, 0.1) is 5.92 Å². The second-order valence-electron chi connectivity index (χ2n) is 8.60. The molecule has 3 heterocycles. The standard InChI is InChI=1S/C20H29N3O3/c1-20(2,3)26-19(25)23-15-7-8-16(23)11-14(10-15)18(24)13-6-9-17(21-12-13)22(4)5/h6,9,12,14-16H,7-8,10-11H2,1-5H3. The minimum atomic E-state index is -0.497. The van der Waals surface area contributed by atoms with Crippen LogP contribution in [0.4, 0.5) is 10.6 Å². The van der Waals surface area contributed by atoms with E-state index in [1.54, 1.807) is 6.20 Å². The number of rotatable bonds is 3. The van der Waals surface area contributed by atoms with Crippen LogP contribution in [0.1, 0.15) is 56.8 Å². The quantitative estimate of drug-likeness (QED) is 0.773. The lowest BCUT2D eigenvalue weighted by Gasteiger charge is -2.39. The van der Waals surface area contributed by atoms with Gasteiger partial charge in [-0.1, -0.05) is 0 Å². The van der Waals surface area contributed by atoms with Crippen LogP contribution in [-0.4, -0.2) is 53.5 Å². The lowest BCUT2D eigenvalue weighted by molar-refractivity contribution is 0.00254. The molecule has 3 rings (SSSR count). The van der Waals surface area contributed by atoms with Gasteiger partial charge in [-0.25, -0.2) is 9.78 Å². The van der Waals surface area contributed by atoms with E-state index in [4.69, 9.17) is 4.74 Å². The van der Waals surface area contributed by atoms with Gasteiger partial charge in [-0.05, 0) is 58.6 Å². The SMILES string of the molecule is CN(C)c1ccc(C(=O)C2CC3CCC(C2)N3C(=O)OC(C)(C)C)cn1. The number of Topliss-reactive ketones (excluding diaryl/α,β-unsaturated/α-hetero) is 1. The molecule has 142 valence electrons. The summed E-state index contributed by atoms with van der Waals surface area (Å²) in [4.78, 5) is 33.6. The van der Waals surface area contributed by atoms with E-state index in [1.807, 2.05) is 56.8 Å². The number of ketones is 1. The third-order valence-corrected chi connectivity index (χ3v) is 5.20. The minimum Gasteiger partial charge on any atom is -0.444 e. The van der Waals surface area contributed by atoms with Crippen molar-refractivity contribution in [2.45, 2.75) is 64.1 Å². The van der Waals surface area contributed by atoms with Crippen molar-refractivity contribution in [2.24, 2.45) is 5.92 Å². The van der Waals surface area contributed by atoms with E-state index in [0.717, 1.165) is 18.7 Å². The molecule has 2 fully saturated rings. The maximum Gasteiger partial charge on any atom is 0.410 e. The van der Waals surface area contributed by atoms with Crippen LogP contribution in [0.25, 0.3) is 0 Å². The fourth-order valence-corrected chi connectivity index (χ4v) is 4.04. The number of carbonyl (C=O) groups excluding carboxylic acids is 2. The van der Waals surface area contributed by atoms with Crippen LogP contribution in [-0.2, 0) is 4.74 Å². The zero-order chi connectivity index (χ0) is 19.1. The first-order chi connectivity index (χ1) is 12.2. The van der Waals surface area contributed by atoms with Gasteiger partial charge in [-0.3, -0.25) is 4.79 Å². The number of piperidine rings is 1. The predicted molar refractivity (Wildman–Crippen MR) is 101 cm³/mol. The summed E-state index contributed by atoms with van der Waals surface area (Å²) in [6, 6.07) is 3.93. The highest BCUT2D eigenvalue weighted by atomic mass is 16.6. The van der Waals surface area contributed by atoms with Crippen molar-refractivity contribution in [2.75, 3.05) is 19.0 Å². The van der Waals surface area contributed by atoms with Crippen molar-refractivity contribution >= 4 is 17.7 Å². The smallest absolute Gasteiger partial charge is 0.410 e. The lowest BCUT2D eigenvalue weighted by Crippen LogP contribution is -2.49. The lowest BCUT2D eigenvalue weighted by atomic mass is 9.85. The van der Waals surface area contributed by atoms with Crippen molar-refractivity contribution in [1.29, 1.82) is 0 Å². The van der Waals surface area contributed by atoms with E-state index in [9.17, 15) is 9.59 Å². The summed E-state index contributed by atoms with van der Waals surface area (Å²) < 4.78 is 5.56. The highest BCUT2D eigenvalue weighted by Gasteiger charge is 2.46. The summed E-state index contributed by atoms with van der Waals surface area (Å²) in [5.41, 5.74) is 0.161. The van der Waals surface area contributed by atoms with Crippen LogP contribution in [0.15, 0.2) is 18.3 Å². The molecule has 0 N–H and O–H groups in total. The number of pyridine rings is 1. The number of hydrogen-bond acceptors (Lipinski definition) is 5. The molecule has 0 radical (unpaired) electrons. The van der Waals surface area contributed by atoms with Gasteiger partial charge < -0.3 is 14.5 Å². The molecule has 0 aliphatic carbocycles. The van der Waals surface area contributed by atoms with Crippen molar-refractivity contribution in [3.63, 3.8) is 0 Å². The Balaban J connectivity index is 1.68. The van der Waals surface area contributed by atoms with Crippen LogP contribution in [0.2, 0.25) is 0 Å². The number of fused-ring (bicyclic) bond motifs is 2. The molecule has 2 aliphatic rings. The van der Waals surface area contributed by atoms with Gasteiger partial charge in [0, 0.05) is 43.9 Å². The Hall–Kier alpha value is -2.11. The number of nitrogens with zero attached hydrogens (tertiary/aromatic N) is 3. The summed E-state index contributed by atoms with van der Waals surface area (Å²) in [7, 11) is 3.85. The van der Waals surface area contributed by atoms with E-state index in [0.29, 0.717) is 18.4 Å². The second-order valence-corrected chi connectivity index (χ2v) is 8.60. The summed E-state index contributed by atoms with van der Waals surface area (Å²) >= 11 is 0. The molecule has 26 heavy (non-hydrogen) atoms. The minimum absolute atomic E-state index is 0.0433. The third-order valence-electron chi connectivity index (χ3n) is 5.20. The molecule has 2 bridgehead atoms. The van der Waals surface area contributed by atoms with Gasteiger partial charge in [0.25, 0.3) is 0 Å². The van der Waals surface area contributed by atoms with E-state index < -0.39 is 5.60 Å². The predicted octanol–water partition coefficient (Wildman–Crippen LogP) is 3.51. The first kappa shape index (κ1) is 18.7. The Morgan fingerprint density at radius 2 is 1.77 bits per heavy atom. The number of carbonyl (C=O) groups is 2. The maximum atomic E-state index is 12.9. The topological polar surface area (TPSA) is 62.7 Å². The van der Waals surface area contributed by atoms with Gasteiger partial charge in [0.05, 0.1) is 0 Å². The van der Waals surface area contributed by atoms with Gasteiger partial charge in [0.2, 0.25) is 0 Å². The summed E-state index contributed by atoms with van der Waals surface area (Å²) in [5, 5.41) is 0. The molecular formula is C20H29N3O3. The van der Waals surface area contributed by atoms with Crippen molar-refractivity contribution in [1.82, 2.24) is 9.88 Å². The molecule has 0 spiro atoms. The van der Waals surface area contributed by atoms with Gasteiger partial charge in [0.1, 0.15) is 11.4 Å². The summed E-state index contributed by atoms with van der Waals surface area (Å²) in [5.74, 6) is 0.933. The van der Waals surface area contributed by atoms with Crippen LogP contribution < -0.4 is 4.90 Å². The molecule has 1 aromatic heterocycles. The molecule has 2 unspecified atom stereocenters. The average molecular weight is 359 g/mol. The summed E-state index contributed by atoms with van der Waals surface area (Å²) in [6.07, 6.45) is 4.75. The second kappa shape index (κ2) is 6.89. The molecule has 6 nitrogen and oxygen atoms in total. The molecule has 1 aromatic rings. The largest absolute Gasteiger partial charge is 0.444 e. The van der Waals surface area contributed by atoms with Gasteiger partial charge >= 0.3 is 6.09 Å². The fraction of sp³-hybridized carbons (Fsp3) is 0.650. The molecule has 2 aliphatic heterocycles. The highest BCUT2D eigenvalue weighted by Crippen LogP contribution is 2.40. The molecular weight excluding hydrogens is 330 g/mol. The van der Waals surface area contributed by atoms with Gasteiger partial charge in [-0.15, -0.1) is 0 Å². The zero-order valence-electron chi connectivity index (χ0n) is 16.4. The van der Waals surface area contributed by atoms with Crippen LogP contribution in [0.5, 0.6) is 0 Å². The van der Waals surface area contributed by atoms with E-state index in [1.165, 1.54) is 0 Å². The fourth-order valence-electron chi connectivity index (χ4n) is 4.04. The molecule has 1 amide bonds. The number of amides is 1. The number of aromatic nitrogens is 1. The number of anilines is 1. The van der Waals surface area contributed by atoms with Crippen molar-refractivity contribution in [3.05, 3.63) is 23.9 Å². The Kier molecular flexibility index (Phi) is 4.95. The number of ether oxygens (including phenoxy) is 1. The molecule has 2 saturated heterocycles. The zero-order valence-corrected chi connectivity index (χ0v) is 16.4. The molecule has 2 atom stereocenters. The average Bonchev–Trinajstić information content (AvgIpc) is 2.83. The Labute approximate surface area is 155 Å². The first-order valence-corrected chi connectivity index (χ1v) is 9.34. The maximum absolute atomic E-state index is 12.9. The van der Waals surface area contributed by atoms with Crippen LogP contribution in [0.3, 0.4) is 0 Å². The van der Waals surface area contributed by atoms with Crippen molar-refractivity contribution in [3.8, 4) is 0 Å². The Morgan fingerprint density at radius 3 is 2.23 bits per heavy atom. The first-order valence-electron chi connectivity index (χ1n) is 9.34. The normalized spacial score (nSPS) is 25.1. The van der Waals surface area contributed by atoms with E-state index >= 15 is 0 Å². The Morgan fingerprint density at radius 1 is 1.15 bits per heavy atom. The van der Waals surface area contributed by atoms with Crippen molar-refractivity contribution < 1.29 is 14.3 Å². The van der Waals surface area contributed by atoms with Gasteiger partial charge in [-0.2, -0.15) is 0 Å². The molecule has 6 heteroatoms. The number of hydrogen-bond donors (Lipinski definition) is 0. The highest BCUT2D eigenvalue weighted by molar-refractivity contribution is 5.98. The molecule has 0 aromatic carbocycles. The van der Waals surface area contributed by atoms with E-state index in [-0.39, 0.29) is 29.9 Å². The monoisotopic (exact) mass is 359 g/mol. The van der Waals surface area contributed by atoms with Gasteiger partial charge in [0.15, 0.2) is 5.78 Å². The Bertz CT molecular complexity index is 665. The molecule has 0 saturated carbocycles. The van der Waals surface area contributed by atoms with E-state index in [2.05, 4.69) is 4.98 Å². The third kappa shape index (κ3) is 3.84.